The summed E-state index contributed by atoms with van der Waals surface area (Å²) in [5, 5.41) is 8.10. The smallest absolute Gasteiger partial charge is 0.219 e. The summed E-state index contributed by atoms with van der Waals surface area (Å²) < 4.78 is 5.57. The molecule has 92 valence electrons. The van der Waals surface area contributed by atoms with Gasteiger partial charge in [-0.1, -0.05) is 20.8 Å². The Kier molecular flexibility index (Phi) is 5.46. The van der Waals surface area contributed by atoms with E-state index in [9.17, 15) is 0 Å². The van der Waals surface area contributed by atoms with E-state index in [0.717, 1.165) is 44.1 Å². The number of hydrogen-bond donors (Lipinski definition) is 0. The van der Waals surface area contributed by atoms with Crippen LogP contribution >= 0.6 is 0 Å². The Labute approximate surface area is 98.0 Å². The number of hydrogen-bond acceptors (Lipinski definition) is 4. The summed E-state index contributed by atoms with van der Waals surface area (Å²) >= 11 is 0. The lowest BCUT2D eigenvalue weighted by Gasteiger charge is -2.26. The molecule has 0 saturated carbocycles. The number of nitrogens with zero attached hydrogens (tertiary/aromatic N) is 3. The van der Waals surface area contributed by atoms with E-state index < -0.39 is 0 Å². The molecule has 0 aromatic carbocycles. The Hall–Kier alpha value is -0.900. The normalized spacial score (nSPS) is 18.0. The first-order chi connectivity index (χ1) is 7.79. The van der Waals surface area contributed by atoms with Crippen molar-refractivity contribution < 1.29 is 4.42 Å². The maximum atomic E-state index is 5.57. The van der Waals surface area contributed by atoms with Gasteiger partial charge in [-0.3, -0.25) is 0 Å². The molecule has 16 heavy (non-hydrogen) atoms. The van der Waals surface area contributed by atoms with Crippen molar-refractivity contribution in [1.29, 1.82) is 0 Å². The van der Waals surface area contributed by atoms with Gasteiger partial charge in [0.05, 0.1) is 0 Å². The maximum Gasteiger partial charge on any atom is 0.219 e. The molecule has 2 heterocycles. The second kappa shape index (κ2) is 6.63. The average Bonchev–Trinajstić information content (AvgIpc) is 2.81. The van der Waals surface area contributed by atoms with Crippen molar-refractivity contribution in [1.82, 2.24) is 15.1 Å². The van der Waals surface area contributed by atoms with Crippen LogP contribution in [0.2, 0.25) is 0 Å². The van der Waals surface area contributed by atoms with Crippen LogP contribution in [0.25, 0.3) is 0 Å². The van der Waals surface area contributed by atoms with Crippen molar-refractivity contribution in [3.63, 3.8) is 0 Å². The maximum absolute atomic E-state index is 5.57. The van der Waals surface area contributed by atoms with Gasteiger partial charge in [-0.25, -0.2) is 0 Å². The van der Waals surface area contributed by atoms with Crippen LogP contribution in [-0.4, -0.2) is 35.2 Å². The number of likely N-dealkylation sites (tertiary alicyclic amines) is 1. The number of rotatable bonds is 2. The van der Waals surface area contributed by atoms with E-state index in [2.05, 4.69) is 22.1 Å². The van der Waals surface area contributed by atoms with Crippen LogP contribution in [0.3, 0.4) is 0 Å². The minimum absolute atomic E-state index is 0.485. The van der Waals surface area contributed by atoms with Gasteiger partial charge in [-0.15, -0.1) is 10.2 Å². The van der Waals surface area contributed by atoms with Crippen LogP contribution < -0.4 is 0 Å². The first-order valence-electron chi connectivity index (χ1n) is 6.30. The minimum Gasteiger partial charge on any atom is -0.425 e. The van der Waals surface area contributed by atoms with Crippen LogP contribution in [0.1, 0.15) is 51.3 Å². The fraction of sp³-hybridized carbons (Fsp3) is 0.833. The summed E-state index contributed by atoms with van der Waals surface area (Å²) in [6.45, 7) is 8.30. The van der Waals surface area contributed by atoms with Gasteiger partial charge in [0, 0.05) is 12.3 Å². The molecule has 0 atom stereocenters. The SMILES string of the molecule is CC.CCc1nnc(C2CCN(C)CC2)o1. The number of piperidine rings is 1. The fourth-order valence-corrected chi connectivity index (χ4v) is 1.83. The van der Waals surface area contributed by atoms with E-state index in [-0.39, 0.29) is 0 Å². The zero-order valence-electron chi connectivity index (χ0n) is 10.9. The van der Waals surface area contributed by atoms with Crippen molar-refractivity contribution in [2.75, 3.05) is 20.1 Å². The molecule has 1 saturated heterocycles. The number of aryl methyl sites for hydroxylation is 1. The zero-order chi connectivity index (χ0) is 12.0. The second-order valence-corrected chi connectivity index (χ2v) is 3.97. The Bertz CT molecular complexity index is 290. The van der Waals surface area contributed by atoms with E-state index in [0.29, 0.717) is 5.92 Å². The molecule has 1 fully saturated rings. The molecule has 1 aromatic rings. The molecule has 0 amide bonds. The molecule has 0 aliphatic carbocycles. The topological polar surface area (TPSA) is 42.2 Å². The van der Waals surface area contributed by atoms with E-state index in [1.165, 1.54) is 0 Å². The molecule has 4 heteroatoms. The van der Waals surface area contributed by atoms with Crippen molar-refractivity contribution in [3.8, 4) is 0 Å². The van der Waals surface area contributed by atoms with E-state index in [1.807, 2.05) is 20.8 Å². The molecular formula is C12H23N3O. The standard InChI is InChI=1S/C10H17N3O.C2H6/c1-3-9-11-12-10(14-9)8-4-6-13(2)7-5-8;1-2/h8H,3-7H2,1-2H3;1-2H3. The highest BCUT2D eigenvalue weighted by Crippen LogP contribution is 2.26. The lowest BCUT2D eigenvalue weighted by atomic mass is 9.97. The molecule has 1 aromatic heterocycles. The first-order valence-corrected chi connectivity index (χ1v) is 6.30. The average molecular weight is 225 g/mol. The predicted molar refractivity (Wildman–Crippen MR) is 64.5 cm³/mol. The van der Waals surface area contributed by atoms with Crippen LogP contribution in [0.4, 0.5) is 0 Å². The van der Waals surface area contributed by atoms with Gasteiger partial charge < -0.3 is 9.32 Å². The van der Waals surface area contributed by atoms with Crippen molar-refractivity contribution >= 4 is 0 Å². The third kappa shape index (κ3) is 3.30. The lowest BCUT2D eigenvalue weighted by Crippen LogP contribution is -2.29. The predicted octanol–water partition coefficient (Wildman–Crippen LogP) is 2.47. The fourth-order valence-electron chi connectivity index (χ4n) is 1.83. The van der Waals surface area contributed by atoms with Crippen molar-refractivity contribution in [2.45, 2.75) is 46.0 Å². The molecule has 4 nitrogen and oxygen atoms in total. The summed E-state index contributed by atoms with van der Waals surface area (Å²) in [6.07, 6.45) is 3.11. The molecular weight excluding hydrogens is 202 g/mol. The van der Waals surface area contributed by atoms with Crippen LogP contribution in [0, 0.1) is 0 Å². The van der Waals surface area contributed by atoms with Crippen LogP contribution in [0.5, 0.6) is 0 Å². The molecule has 1 aliphatic rings. The minimum atomic E-state index is 0.485. The summed E-state index contributed by atoms with van der Waals surface area (Å²) in [5.74, 6) is 2.09. The quantitative estimate of drug-likeness (QED) is 0.775. The van der Waals surface area contributed by atoms with Crippen LogP contribution in [-0.2, 0) is 6.42 Å². The van der Waals surface area contributed by atoms with E-state index in [1.54, 1.807) is 0 Å². The Balaban J connectivity index is 0.000000606. The highest BCUT2D eigenvalue weighted by Gasteiger charge is 2.22. The molecule has 1 aliphatic heterocycles. The van der Waals surface area contributed by atoms with Gasteiger partial charge >= 0.3 is 0 Å². The molecule has 0 bridgehead atoms. The molecule has 0 spiro atoms. The summed E-state index contributed by atoms with van der Waals surface area (Å²) in [6, 6.07) is 0. The number of aromatic nitrogens is 2. The molecule has 0 radical (unpaired) electrons. The Morgan fingerprint density at radius 1 is 1.25 bits per heavy atom. The van der Waals surface area contributed by atoms with E-state index >= 15 is 0 Å². The largest absolute Gasteiger partial charge is 0.425 e. The molecule has 0 unspecified atom stereocenters. The first kappa shape index (κ1) is 13.2. The lowest BCUT2D eigenvalue weighted by molar-refractivity contribution is 0.235. The monoisotopic (exact) mass is 225 g/mol. The highest BCUT2D eigenvalue weighted by atomic mass is 16.4. The van der Waals surface area contributed by atoms with Gasteiger partial charge in [-0.2, -0.15) is 0 Å². The van der Waals surface area contributed by atoms with Gasteiger partial charge in [0.15, 0.2) is 0 Å². The molecule has 0 N–H and O–H groups in total. The highest BCUT2D eigenvalue weighted by molar-refractivity contribution is 4.94. The third-order valence-electron chi connectivity index (χ3n) is 2.85. The van der Waals surface area contributed by atoms with Gasteiger partial charge in [0.1, 0.15) is 0 Å². The second-order valence-electron chi connectivity index (χ2n) is 3.97. The summed E-state index contributed by atoms with van der Waals surface area (Å²) in [4.78, 5) is 2.34. The van der Waals surface area contributed by atoms with Gasteiger partial charge in [0.2, 0.25) is 11.8 Å². The Morgan fingerprint density at radius 2 is 1.88 bits per heavy atom. The van der Waals surface area contributed by atoms with Crippen LogP contribution in [0.15, 0.2) is 4.42 Å². The van der Waals surface area contributed by atoms with E-state index in [4.69, 9.17) is 4.42 Å². The van der Waals surface area contributed by atoms with Gasteiger partial charge in [-0.05, 0) is 33.0 Å². The van der Waals surface area contributed by atoms with Crippen molar-refractivity contribution in [2.24, 2.45) is 0 Å². The zero-order valence-corrected chi connectivity index (χ0v) is 10.9. The van der Waals surface area contributed by atoms with Crippen molar-refractivity contribution in [3.05, 3.63) is 11.8 Å². The summed E-state index contributed by atoms with van der Waals surface area (Å²) in [7, 11) is 2.15. The summed E-state index contributed by atoms with van der Waals surface area (Å²) in [5.41, 5.74) is 0. The molecule has 2 rings (SSSR count). The third-order valence-corrected chi connectivity index (χ3v) is 2.85. The Morgan fingerprint density at radius 3 is 2.38 bits per heavy atom. The van der Waals surface area contributed by atoms with Gasteiger partial charge in [0.25, 0.3) is 0 Å².